The van der Waals surface area contributed by atoms with Crippen LogP contribution in [0.5, 0.6) is 0 Å². The molecule has 0 atom stereocenters. The van der Waals surface area contributed by atoms with Crippen molar-refractivity contribution in [2.75, 3.05) is 19.8 Å². The van der Waals surface area contributed by atoms with Crippen molar-refractivity contribution in [3.63, 3.8) is 0 Å². The molecule has 1 aliphatic heterocycles. The van der Waals surface area contributed by atoms with E-state index in [0.29, 0.717) is 4.90 Å². The number of rotatable bonds is 4. The lowest BCUT2D eigenvalue weighted by Crippen LogP contribution is -2.48. The van der Waals surface area contributed by atoms with Gasteiger partial charge >= 0.3 is 6.18 Å². The summed E-state index contributed by atoms with van der Waals surface area (Å²) < 4.78 is 43.6. The van der Waals surface area contributed by atoms with Crippen molar-refractivity contribution in [1.82, 2.24) is 4.90 Å². The average molecular weight is 332 g/mol. The van der Waals surface area contributed by atoms with E-state index in [-0.39, 0.29) is 31.6 Å². The molecule has 0 aliphatic carbocycles. The number of benzene rings is 1. The van der Waals surface area contributed by atoms with Gasteiger partial charge in [-0.2, -0.15) is 13.2 Å². The second-order valence-electron chi connectivity index (χ2n) is 5.17. The average Bonchev–Trinajstić information content (AvgIpc) is 2.52. The van der Waals surface area contributed by atoms with Crippen LogP contribution in [0.4, 0.5) is 18.9 Å². The molecular weight excluding hydrogens is 317 g/mol. The quantitative estimate of drug-likeness (QED) is 0.628. The van der Waals surface area contributed by atoms with E-state index in [4.69, 9.17) is 4.74 Å². The third kappa shape index (κ3) is 4.41. The Morgan fingerprint density at radius 1 is 1.30 bits per heavy atom. The molecule has 1 aromatic rings. The fourth-order valence-electron chi connectivity index (χ4n) is 2.53. The molecule has 9 heteroatoms. The molecule has 6 nitrogen and oxygen atoms in total. The van der Waals surface area contributed by atoms with E-state index >= 15 is 0 Å². The largest absolute Gasteiger partial charge is 0.406 e. The minimum Gasteiger partial charge on any atom is -0.381 e. The Hall–Kier alpha value is -2.16. The molecule has 1 aromatic carbocycles. The molecule has 1 amide bonds. The summed E-state index contributed by atoms with van der Waals surface area (Å²) in [5, 5.41) is 11.0. The predicted molar refractivity (Wildman–Crippen MR) is 74.0 cm³/mol. The highest BCUT2D eigenvalue weighted by molar-refractivity contribution is 5.98. The Bertz CT molecular complexity index is 586. The van der Waals surface area contributed by atoms with Gasteiger partial charge in [0, 0.05) is 25.3 Å². The number of ether oxygens (including phenoxy) is 1. The number of nitrogens with zero attached hydrogens (tertiary/aromatic N) is 2. The van der Waals surface area contributed by atoms with Crippen LogP contribution in [0.25, 0.3) is 0 Å². The van der Waals surface area contributed by atoms with E-state index in [1.807, 2.05) is 0 Å². The molecule has 0 unspecified atom stereocenters. The van der Waals surface area contributed by atoms with Crippen LogP contribution in [-0.2, 0) is 4.74 Å². The number of carbonyl (C=O) groups excluding carboxylic acids is 1. The fraction of sp³-hybridized carbons (Fsp3) is 0.500. The number of hydrogen-bond acceptors (Lipinski definition) is 4. The SMILES string of the molecule is O=C(c1ccccc1[N+](=O)[O-])N(CC(F)(F)F)C1CCOCC1. The number of carbonyl (C=O) groups is 1. The lowest BCUT2D eigenvalue weighted by atomic mass is 10.0. The molecule has 1 fully saturated rings. The predicted octanol–water partition coefficient (Wildman–Crippen LogP) is 2.78. The van der Waals surface area contributed by atoms with E-state index in [1.165, 1.54) is 18.2 Å². The molecule has 0 saturated carbocycles. The van der Waals surface area contributed by atoms with Crippen LogP contribution < -0.4 is 0 Å². The summed E-state index contributed by atoms with van der Waals surface area (Å²) in [4.78, 5) is 23.4. The summed E-state index contributed by atoms with van der Waals surface area (Å²) in [5.74, 6) is -0.985. The van der Waals surface area contributed by atoms with Crippen LogP contribution in [0.3, 0.4) is 0 Å². The second kappa shape index (κ2) is 6.95. The smallest absolute Gasteiger partial charge is 0.381 e. The van der Waals surface area contributed by atoms with Crippen molar-refractivity contribution in [3.8, 4) is 0 Å². The van der Waals surface area contributed by atoms with Crippen LogP contribution in [-0.4, -0.2) is 47.7 Å². The highest BCUT2D eigenvalue weighted by atomic mass is 19.4. The zero-order chi connectivity index (χ0) is 17.0. The maximum Gasteiger partial charge on any atom is 0.406 e. The normalized spacial score (nSPS) is 16.1. The summed E-state index contributed by atoms with van der Waals surface area (Å²) >= 11 is 0. The monoisotopic (exact) mass is 332 g/mol. The minimum atomic E-state index is -4.59. The van der Waals surface area contributed by atoms with Crippen LogP contribution in [0, 0.1) is 10.1 Å². The van der Waals surface area contributed by atoms with Crippen molar-refractivity contribution in [3.05, 3.63) is 39.9 Å². The standard InChI is InChI=1S/C14H15F3N2O4/c15-14(16,17)9-18(10-5-7-23-8-6-10)13(20)11-3-1-2-4-12(11)19(21)22/h1-4,10H,5-9H2. The zero-order valence-corrected chi connectivity index (χ0v) is 12.1. The molecule has 1 saturated heterocycles. The number of nitro groups is 1. The Morgan fingerprint density at radius 2 is 1.91 bits per heavy atom. The second-order valence-corrected chi connectivity index (χ2v) is 5.17. The van der Waals surface area contributed by atoms with Gasteiger partial charge in [0.1, 0.15) is 12.1 Å². The van der Waals surface area contributed by atoms with Crippen molar-refractivity contribution in [2.45, 2.75) is 25.1 Å². The number of para-hydroxylation sites is 1. The highest BCUT2D eigenvalue weighted by Crippen LogP contribution is 2.27. The van der Waals surface area contributed by atoms with Crippen LogP contribution in [0.15, 0.2) is 24.3 Å². The van der Waals surface area contributed by atoms with Crippen molar-refractivity contribution < 1.29 is 27.6 Å². The van der Waals surface area contributed by atoms with E-state index in [9.17, 15) is 28.1 Å². The minimum absolute atomic E-state index is 0.253. The summed E-state index contributed by atoms with van der Waals surface area (Å²) in [7, 11) is 0. The first-order chi connectivity index (χ1) is 10.8. The number of halogens is 3. The highest BCUT2D eigenvalue weighted by Gasteiger charge is 2.38. The van der Waals surface area contributed by atoms with Gasteiger partial charge in [-0.25, -0.2) is 0 Å². The summed E-state index contributed by atoms with van der Waals surface area (Å²) in [6, 6.07) is 4.36. The maximum atomic E-state index is 12.8. The molecule has 1 aliphatic rings. The molecular formula is C14H15F3N2O4. The molecule has 126 valence electrons. The van der Waals surface area contributed by atoms with Gasteiger partial charge in [-0.3, -0.25) is 14.9 Å². The molecule has 0 spiro atoms. The molecule has 2 rings (SSSR count). The van der Waals surface area contributed by atoms with Crippen molar-refractivity contribution in [2.24, 2.45) is 0 Å². The molecule has 0 aromatic heterocycles. The van der Waals surface area contributed by atoms with E-state index in [2.05, 4.69) is 0 Å². The summed E-state index contributed by atoms with van der Waals surface area (Å²) in [6.45, 7) is -0.936. The Balaban J connectivity index is 2.34. The maximum absolute atomic E-state index is 12.8. The van der Waals surface area contributed by atoms with E-state index < -0.39 is 35.3 Å². The molecule has 0 N–H and O–H groups in total. The molecule has 0 radical (unpaired) electrons. The van der Waals surface area contributed by atoms with Gasteiger partial charge in [0.25, 0.3) is 11.6 Å². The van der Waals surface area contributed by atoms with Gasteiger partial charge in [-0.15, -0.1) is 0 Å². The van der Waals surface area contributed by atoms with Gasteiger partial charge in [0.2, 0.25) is 0 Å². The number of alkyl halides is 3. The van der Waals surface area contributed by atoms with Gasteiger partial charge in [0.15, 0.2) is 0 Å². The molecule has 23 heavy (non-hydrogen) atoms. The molecule has 1 heterocycles. The molecule has 0 bridgehead atoms. The first kappa shape index (κ1) is 17.2. The first-order valence-electron chi connectivity index (χ1n) is 6.98. The third-order valence-corrected chi connectivity index (χ3v) is 3.57. The number of hydrogen-bond donors (Lipinski definition) is 0. The van der Waals surface area contributed by atoms with Crippen molar-refractivity contribution in [1.29, 1.82) is 0 Å². The summed E-state index contributed by atoms with van der Waals surface area (Å²) in [6.07, 6.45) is -4.05. The van der Waals surface area contributed by atoms with Crippen molar-refractivity contribution >= 4 is 11.6 Å². The summed E-state index contributed by atoms with van der Waals surface area (Å²) in [5.41, 5.74) is -0.843. The zero-order valence-electron chi connectivity index (χ0n) is 12.1. The van der Waals surface area contributed by atoms with Gasteiger partial charge < -0.3 is 9.64 Å². The van der Waals surface area contributed by atoms with Crippen LogP contribution >= 0.6 is 0 Å². The van der Waals surface area contributed by atoms with E-state index in [1.54, 1.807) is 0 Å². The Kier molecular flexibility index (Phi) is 5.19. The van der Waals surface area contributed by atoms with Gasteiger partial charge in [-0.1, -0.05) is 12.1 Å². The van der Waals surface area contributed by atoms with Crippen LogP contribution in [0.2, 0.25) is 0 Å². The number of nitro benzene ring substituents is 1. The van der Waals surface area contributed by atoms with Gasteiger partial charge in [0.05, 0.1) is 4.92 Å². The fourth-order valence-corrected chi connectivity index (χ4v) is 2.53. The number of amides is 1. The lowest BCUT2D eigenvalue weighted by Gasteiger charge is -2.34. The third-order valence-electron chi connectivity index (χ3n) is 3.57. The first-order valence-corrected chi connectivity index (χ1v) is 6.98. The van der Waals surface area contributed by atoms with E-state index in [0.717, 1.165) is 6.07 Å². The lowest BCUT2D eigenvalue weighted by molar-refractivity contribution is -0.385. The Labute approximate surface area is 130 Å². The van der Waals surface area contributed by atoms with Gasteiger partial charge in [-0.05, 0) is 18.9 Å². The Morgan fingerprint density at radius 3 is 2.48 bits per heavy atom. The topological polar surface area (TPSA) is 72.7 Å². The van der Waals surface area contributed by atoms with Crippen LogP contribution in [0.1, 0.15) is 23.2 Å².